The van der Waals surface area contributed by atoms with Gasteiger partial charge < -0.3 is 14.5 Å². The molecule has 0 atom stereocenters. The van der Waals surface area contributed by atoms with Crippen molar-refractivity contribution in [3.8, 4) is 5.75 Å². The zero-order valence-electron chi connectivity index (χ0n) is 16.6. The molecular formula is C22H24N4O3S. The quantitative estimate of drug-likeness (QED) is 0.539. The average Bonchev–Trinajstić information content (AvgIpc) is 3.29. The number of thioether (sulfide) groups is 1. The zero-order chi connectivity index (χ0) is 20.6. The average molecular weight is 425 g/mol. The Morgan fingerprint density at radius 1 is 1.10 bits per heavy atom. The summed E-state index contributed by atoms with van der Waals surface area (Å²) < 4.78 is 7.15. The number of likely N-dealkylation sites (tertiary alicyclic amines) is 1. The molecule has 1 amide bonds. The van der Waals surface area contributed by atoms with E-state index >= 15 is 0 Å². The maximum absolute atomic E-state index is 12.4. The van der Waals surface area contributed by atoms with Crippen LogP contribution >= 0.6 is 11.8 Å². The van der Waals surface area contributed by atoms with Crippen LogP contribution in [0.2, 0.25) is 0 Å². The normalized spacial score (nSPS) is 14.5. The number of imidazole rings is 1. The lowest BCUT2D eigenvalue weighted by Crippen LogP contribution is -2.44. The highest BCUT2D eigenvalue weighted by atomic mass is 32.2. The van der Waals surface area contributed by atoms with E-state index in [2.05, 4.69) is 9.97 Å². The van der Waals surface area contributed by atoms with Gasteiger partial charge in [-0.2, -0.15) is 4.73 Å². The van der Waals surface area contributed by atoms with Crippen molar-refractivity contribution in [1.29, 1.82) is 0 Å². The Morgan fingerprint density at radius 3 is 2.63 bits per heavy atom. The maximum atomic E-state index is 12.4. The number of aromatic nitrogens is 3. The van der Waals surface area contributed by atoms with Crippen molar-refractivity contribution in [1.82, 2.24) is 19.6 Å². The maximum Gasteiger partial charge on any atom is 0.415 e. The van der Waals surface area contributed by atoms with Gasteiger partial charge in [0.2, 0.25) is 0 Å². The van der Waals surface area contributed by atoms with Gasteiger partial charge in [0.1, 0.15) is 18.2 Å². The molecule has 1 aromatic carbocycles. The molecule has 0 saturated carbocycles. The second-order valence-electron chi connectivity index (χ2n) is 6.99. The SMILES string of the molecule is O=C(Oc1ccc(CCSc2ccccn2)cc1)N1CCC(On2ccnc2)CC1. The van der Waals surface area contributed by atoms with E-state index in [1.54, 1.807) is 46.3 Å². The molecule has 0 radical (unpaired) electrons. The van der Waals surface area contributed by atoms with Crippen LogP contribution in [0.4, 0.5) is 4.79 Å². The fraction of sp³-hybridized carbons (Fsp3) is 0.318. The highest BCUT2D eigenvalue weighted by molar-refractivity contribution is 7.99. The molecular weight excluding hydrogens is 400 g/mol. The van der Waals surface area contributed by atoms with Gasteiger partial charge in [-0.15, -0.1) is 11.8 Å². The van der Waals surface area contributed by atoms with Gasteiger partial charge in [0, 0.05) is 44.1 Å². The van der Waals surface area contributed by atoms with Crippen LogP contribution < -0.4 is 9.57 Å². The summed E-state index contributed by atoms with van der Waals surface area (Å²) in [5, 5.41) is 1.03. The summed E-state index contributed by atoms with van der Waals surface area (Å²) >= 11 is 1.73. The smallest absolute Gasteiger partial charge is 0.410 e. The Bertz CT molecular complexity index is 911. The predicted octanol–water partition coefficient (Wildman–Crippen LogP) is 3.70. The van der Waals surface area contributed by atoms with E-state index in [0.717, 1.165) is 30.0 Å². The number of pyridine rings is 1. The molecule has 0 bridgehead atoms. The zero-order valence-corrected chi connectivity index (χ0v) is 17.4. The first-order valence-corrected chi connectivity index (χ1v) is 11.0. The minimum atomic E-state index is -0.311. The molecule has 7 nitrogen and oxygen atoms in total. The van der Waals surface area contributed by atoms with Crippen LogP contribution in [0.15, 0.2) is 72.4 Å². The van der Waals surface area contributed by atoms with Crippen LogP contribution in [-0.2, 0) is 6.42 Å². The van der Waals surface area contributed by atoms with Crippen molar-refractivity contribution < 1.29 is 14.4 Å². The van der Waals surface area contributed by atoms with Gasteiger partial charge in [0.15, 0.2) is 0 Å². The van der Waals surface area contributed by atoms with Crippen LogP contribution in [0.3, 0.4) is 0 Å². The molecule has 8 heteroatoms. The topological polar surface area (TPSA) is 69.5 Å². The summed E-state index contributed by atoms with van der Waals surface area (Å²) in [7, 11) is 0. The summed E-state index contributed by atoms with van der Waals surface area (Å²) in [6.07, 6.45) is 9.10. The largest absolute Gasteiger partial charge is 0.415 e. The molecule has 3 heterocycles. The fourth-order valence-electron chi connectivity index (χ4n) is 3.22. The van der Waals surface area contributed by atoms with Crippen molar-refractivity contribution in [3.63, 3.8) is 0 Å². The van der Waals surface area contributed by atoms with Gasteiger partial charge in [-0.3, -0.25) is 0 Å². The molecule has 0 unspecified atom stereocenters. The standard InChI is InChI=1S/C22H24N4O3S/c27-22(25-13-8-20(9-14-25)29-26-15-12-23-17-26)28-19-6-4-18(5-7-19)10-16-30-21-3-1-2-11-24-21/h1-7,11-12,15,17,20H,8-10,13-14,16H2. The Balaban J connectivity index is 1.19. The van der Waals surface area contributed by atoms with Crippen LogP contribution in [0, 0.1) is 0 Å². The van der Waals surface area contributed by atoms with Crippen LogP contribution in [0.25, 0.3) is 0 Å². The Morgan fingerprint density at radius 2 is 1.93 bits per heavy atom. The molecule has 0 aliphatic carbocycles. The first kappa shape index (κ1) is 20.3. The van der Waals surface area contributed by atoms with E-state index < -0.39 is 0 Å². The third-order valence-corrected chi connectivity index (χ3v) is 5.80. The van der Waals surface area contributed by atoms with Gasteiger partial charge >= 0.3 is 6.09 Å². The molecule has 4 rings (SSSR count). The fourth-order valence-corrected chi connectivity index (χ4v) is 4.08. The van der Waals surface area contributed by atoms with Crippen molar-refractivity contribution in [2.75, 3.05) is 18.8 Å². The number of amides is 1. The summed E-state index contributed by atoms with van der Waals surface area (Å²) in [6, 6.07) is 13.6. The van der Waals surface area contributed by atoms with E-state index in [1.165, 1.54) is 5.56 Å². The number of nitrogens with zero attached hydrogens (tertiary/aromatic N) is 4. The van der Waals surface area contributed by atoms with E-state index in [0.29, 0.717) is 18.8 Å². The molecule has 0 spiro atoms. The predicted molar refractivity (Wildman–Crippen MR) is 115 cm³/mol. The monoisotopic (exact) mass is 424 g/mol. The highest BCUT2D eigenvalue weighted by Gasteiger charge is 2.25. The van der Waals surface area contributed by atoms with Crippen molar-refractivity contribution in [2.24, 2.45) is 0 Å². The molecule has 2 aromatic heterocycles. The number of rotatable bonds is 7. The molecule has 1 aliphatic heterocycles. The molecule has 156 valence electrons. The van der Waals surface area contributed by atoms with Crippen molar-refractivity contribution in [3.05, 3.63) is 72.9 Å². The van der Waals surface area contributed by atoms with E-state index in [-0.39, 0.29) is 12.2 Å². The number of carbonyl (C=O) groups excluding carboxylic acids is 1. The number of piperidine rings is 1. The molecule has 30 heavy (non-hydrogen) atoms. The van der Waals surface area contributed by atoms with Crippen molar-refractivity contribution in [2.45, 2.75) is 30.4 Å². The minimum Gasteiger partial charge on any atom is -0.410 e. The summed E-state index contributed by atoms with van der Waals surface area (Å²) in [5.41, 5.74) is 1.20. The summed E-state index contributed by atoms with van der Waals surface area (Å²) in [5.74, 6) is 1.52. The minimum absolute atomic E-state index is 0.0755. The lowest BCUT2D eigenvalue weighted by molar-refractivity contribution is -0.0000187. The number of aryl methyl sites for hydroxylation is 1. The lowest BCUT2D eigenvalue weighted by Gasteiger charge is -2.31. The van der Waals surface area contributed by atoms with Gasteiger partial charge in [0.25, 0.3) is 0 Å². The summed E-state index contributed by atoms with van der Waals surface area (Å²) in [6.45, 7) is 1.22. The molecule has 1 aliphatic rings. The Kier molecular flexibility index (Phi) is 6.87. The summed E-state index contributed by atoms with van der Waals surface area (Å²) in [4.78, 5) is 28.2. The van der Waals surface area contributed by atoms with Crippen LogP contribution in [0.5, 0.6) is 5.75 Å². The number of carbonyl (C=O) groups is 1. The molecule has 1 saturated heterocycles. The van der Waals surface area contributed by atoms with Gasteiger partial charge in [-0.1, -0.05) is 18.2 Å². The van der Waals surface area contributed by atoms with Gasteiger partial charge in [0.05, 0.1) is 11.2 Å². The molecule has 0 N–H and O–H groups in total. The van der Waals surface area contributed by atoms with E-state index in [1.807, 2.05) is 42.5 Å². The number of hydrogen-bond acceptors (Lipinski definition) is 6. The second-order valence-corrected chi connectivity index (χ2v) is 8.11. The number of benzene rings is 1. The molecule has 3 aromatic rings. The van der Waals surface area contributed by atoms with Gasteiger partial charge in [-0.05, 0) is 36.2 Å². The number of ether oxygens (including phenoxy) is 1. The van der Waals surface area contributed by atoms with Crippen LogP contribution in [-0.4, -0.2) is 50.6 Å². The van der Waals surface area contributed by atoms with Crippen molar-refractivity contribution >= 4 is 17.9 Å². The first-order valence-electron chi connectivity index (χ1n) is 10.0. The van der Waals surface area contributed by atoms with E-state index in [9.17, 15) is 4.79 Å². The number of hydrogen-bond donors (Lipinski definition) is 0. The highest BCUT2D eigenvalue weighted by Crippen LogP contribution is 2.19. The van der Waals surface area contributed by atoms with E-state index in [4.69, 9.17) is 9.57 Å². The first-order chi connectivity index (χ1) is 14.8. The van der Waals surface area contributed by atoms with Gasteiger partial charge in [-0.25, -0.2) is 14.8 Å². The van der Waals surface area contributed by atoms with Crippen LogP contribution in [0.1, 0.15) is 18.4 Å². The second kappa shape index (κ2) is 10.2. The molecule has 1 fully saturated rings. The lowest BCUT2D eigenvalue weighted by atomic mass is 10.1. The Labute approximate surface area is 180 Å². The third kappa shape index (κ3) is 5.76. The third-order valence-electron chi connectivity index (χ3n) is 4.86. The Hall–Kier alpha value is -3.00.